The molecule has 1 amide bonds. The SMILES string of the molecule is CCOc1cc(C(=O)Nc2cc(Cl)ccc2C)cc(I)c1OCc1ccc(C)cc1. The number of anilines is 1. The molecule has 0 atom stereocenters. The summed E-state index contributed by atoms with van der Waals surface area (Å²) in [6.07, 6.45) is 0. The maximum absolute atomic E-state index is 12.9. The summed E-state index contributed by atoms with van der Waals surface area (Å²) in [6.45, 7) is 6.76. The van der Waals surface area contributed by atoms with Gasteiger partial charge in [0.15, 0.2) is 11.5 Å². The van der Waals surface area contributed by atoms with Crippen LogP contribution in [0.15, 0.2) is 54.6 Å². The standard InChI is InChI=1S/C24H23ClINO3/c1-4-29-22-12-18(24(28)27-21-13-19(25)10-7-16(21)3)11-20(26)23(22)30-14-17-8-5-15(2)6-9-17/h5-13H,4,14H2,1-3H3,(H,27,28). The summed E-state index contributed by atoms with van der Waals surface area (Å²) < 4.78 is 12.6. The number of hydrogen-bond donors (Lipinski definition) is 1. The lowest BCUT2D eigenvalue weighted by Crippen LogP contribution is -2.14. The summed E-state index contributed by atoms with van der Waals surface area (Å²) in [5.74, 6) is 0.947. The van der Waals surface area contributed by atoms with Crippen LogP contribution in [0.1, 0.15) is 34.0 Å². The van der Waals surface area contributed by atoms with Crippen LogP contribution in [-0.2, 0) is 6.61 Å². The van der Waals surface area contributed by atoms with Gasteiger partial charge in [0.25, 0.3) is 5.91 Å². The third kappa shape index (κ3) is 5.67. The number of benzene rings is 3. The van der Waals surface area contributed by atoms with Crippen molar-refractivity contribution in [2.45, 2.75) is 27.4 Å². The number of halogens is 2. The lowest BCUT2D eigenvalue weighted by Gasteiger charge is -2.16. The molecule has 156 valence electrons. The van der Waals surface area contributed by atoms with E-state index in [2.05, 4.69) is 47.0 Å². The molecule has 4 nitrogen and oxygen atoms in total. The molecule has 0 aliphatic rings. The van der Waals surface area contributed by atoms with Crippen molar-refractivity contribution in [2.75, 3.05) is 11.9 Å². The quantitative estimate of drug-likeness (QED) is 0.339. The molecule has 3 rings (SSSR count). The topological polar surface area (TPSA) is 47.6 Å². The van der Waals surface area contributed by atoms with Gasteiger partial charge in [-0.2, -0.15) is 0 Å². The van der Waals surface area contributed by atoms with Gasteiger partial charge in [0, 0.05) is 16.3 Å². The monoisotopic (exact) mass is 535 g/mol. The Kier molecular flexibility index (Phi) is 7.61. The van der Waals surface area contributed by atoms with Gasteiger partial charge in [0.1, 0.15) is 6.61 Å². The predicted octanol–water partition coefficient (Wildman–Crippen LogP) is 6.79. The Hall–Kier alpha value is -2.25. The number of carbonyl (C=O) groups is 1. The zero-order valence-electron chi connectivity index (χ0n) is 17.1. The number of carbonyl (C=O) groups excluding carboxylic acids is 1. The first kappa shape index (κ1) is 22.4. The van der Waals surface area contributed by atoms with Crippen molar-refractivity contribution in [1.29, 1.82) is 0 Å². The minimum atomic E-state index is -0.232. The summed E-state index contributed by atoms with van der Waals surface area (Å²) in [5.41, 5.74) is 4.38. The highest BCUT2D eigenvalue weighted by Crippen LogP contribution is 2.35. The summed E-state index contributed by atoms with van der Waals surface area (Å²) in [5, 5.41) is 3.49. The van der Waals surface area contributed by atoms with Gasteiger partial charge >= 0.3 is 0 Å². The van der Waals surface area contributed by atoms with E-state index in [-0.39, 0.29) is 5.91 Å². The van der Waals surface area contributed by atoms with Gasteiger partial charge in [-0.25, -0.2) is 0 Å². The molecule has 3 aromatic carbocycles. The molecular weight excluding hydrogens is 513 g/mol. The summed E-state index contributed by atoms with van der Waals surface area (Å²) in [6, 6.07) is 17.1. The Morgan fingerprint density at radius 3 is 2.47 bits per heavy atom. The Bertz CT molecular complexity index is 1050. The largest absolute Gasteiger partial charge is 0.490 e. The summed E-state index contributed by atoms with van der Waals surface area (Å²) in [7, 11) is 0. The smallest absolute Gasteiger partial charge is 0.255 e. The van der Waals surface area contributed by atoms with Crippen LogP contribution in [-0.4, -0.2) is 12.5 Å². The number of rotatable bonds is 7. The van der Waals surface area contributed by atoms with E-state index in [4.69, 9.17) is 21.1 Å². The lowest BCUT2D eigenvalue weighted by molar-refractivity contribution is 0.102. The van der Waals surface area contributed by atoms with Gasteiger partial charge in [-0.05, 0) is 78.8 Å². The summed E-state index contributed by atoms with van der Waals surface area (Å²) in [4.78, 5) is 12.9. The second-order valence-corrected chi connectivity index (χ2v) is 8.50. The van der Waals surface area contributed by atoms with Crippen molar-refractivity contribution < 1.29 is 14.3 Å². The third-order valence-corrected chi connectivity index (χ3v) is 5.56. The van der Waals surface area contributed by atoms with Gasteiger partial charge in [-0.15, -0.1) is 0 Å². The van der Waals surface area contributed by atoms with Crippen molar-refractivity contribution in [1.82, 2.24) is 0 Å². The zero-order valence-corrected chi connectivity index (χ0v) is 20.0. The summed E-state index contributed by atoms with van der Waals surface area (Å²) >= 11 is 8.23. The van der Waals surface area contributed by atoms with Gasteiger partial charge in [0.05, 0.1) is 10.2 Å². The molecule has 3 aromatic rings. The van der Waals surface area contributed by atoms with Crippen molar-refractivity contribution in [3.8, 4) is 11.5 Å². The van der Waals surface area contributed by atoms with Gasteiger partial charge in [-0.3, -0.25) is 4.79 Å². The van der Waals surface area contributed by atoms with E-state index in [1.807, 2.05) is 32.0 Å². The van der Waals surface area contributed by atoms with Gasteiger partial charge in [-0.1, -0.05) is 47.5 Å². The van der Waals surface area contributed by atoms with Crippen LogP contribution in [0.4, 0.5) is 5.69 Å². The fourth-order valence-corrected chi connectivity index (χ4v) is 3.79. The lowest BCUT2D eigenvalue weighted by atomic mass is 10.1. The Labute approximate surface area is 195 Å². The molecule has 6 heteroatoms. The second kappa shape index (κ2) is 10.2. The molecule has 0 aliphatic carbocycles. The molecule has 0 fully saturated rings. The fraction of sp³-hybridized carbons (Fsp3) is 0.208. The maximum Gasteiger partial charge on any atom is 0.255 e. The molecule has 0 radical (unpaired) electrons. The van der Waals surface area contributed by atoms with Crippen molar-refractivity contribution in [3.63, 3.8) is 0 Å². The normalized spacial score (nSPS) is 10.6. The number of amides is 1. The highest BCUT2D eigenvalue weighted by Gasteiger charge is 2.17. The number of aryl methyl sites for hydroxylation is 2. The molecular formula is C24H23ClINO3. The van der Waals surface area contributed by atoms with Gasteiger partial charge in [0.2, 0.25) is 0 Å². The number of ether oxygens (including phenoxy) is 2. The van der Waals surface area contributed by atoms with Crippen LogP contribution in [0.3, 0.4) is 0 Å². The number of hydrogen-bond acceptors (Lipinski definition) is 3. The minimum absolute atomic E-state index is 0.232. The first-order valence-corrected chi connectivity index (χ1v) is 11.0. The minimum Gasteiger partial charge on any atom is -0.490 e. The van der Waals surface area contributed by atoms with E-state index >= 15 is 0 Å². The zero-order chi connectivity index (χ0) is 21.7. The Morgan fingerprint density at radius 2 is 1.77 bits per heavy atom. The third-order valence-electron chi connectivity index (χ3n) is 4.52. The van der Waals surface area contributed by atoms with E-state index in [0.29, 0.717) is 41.0 Å². The predicted molar refractivity (Wildman–Crippen MR) is 130 cm³/mol. The van der Waals surface area contributed by atoms with Crippen LogP contribution in [0.25, 0.3) is 0 Å². The first-order chi connectivity index (χ1) is 14.4. The van der Waals surface area contributed by atoms with E-state index in [9.17, 15) is 4.79 Å². The van der Waals surface area contributed by atoms with Gasteiger partial charge < -0.3 is 14.8 Å². The molecule has 0 bridgehead atoms. The van der Waals surface area contributed by atoms with Crippen LogP contribution < -0.4 is 14.8 Å². The maximum atomic E-state index is 12.9. The van der Waals surface area contributed by atoms with E-state index < -0.39 is 0 Å². The van der Waals surface area contributed by atoms with Crippen molar-refractivity contribution >= 4 is 45.8 Å². The Morgan fingerprint density at radius 1 is 1.03 bits per heavy atom. The van der Waals surface area contributed by atoms with E-state index in [1.54, 1.807) is 24.3 Å². The molecule has 0 aliphatic heterocycles. The molecule has 0 heterocycles. The van der Waals surface area contributed by atoms with Crippen LogP contribution >= 0.6 is 34.2 Å². The fourth-order valence-electron chi connectivity index (χ4n) is 2.87. The van der Waals surface area contributed by atoms with Crippen molar-refractivity contribution in [2.24, 2.45) is 0 Å². The molecule has 0 aromatic heterocycles. The molecule has 0 unspecified atom stereocenters. The highest BCUT2D eigenvalue weighted by atomic mass is 127. The van der Waals surface area contributed by atoms with E-state index in [1.165, 1.54) is 5.56 Å². The molecule has 30 heavy (non-hydrogen) atoms. The van der Waals surface area contributed by atoms with Crippen LogP contribution in [0, 0.1) is 17.4 Å². The molecule has 1 N–H and O–H groups in total. The molecule has 0 spiro atoms. The van der Waals surface area contributed by atoms with Crippen molar-refractivity contribution in [3.05, 3.63) is 85.4 Å². The first-order valence-electron chi connectivity index (χ1n) is 9.59. The molecule has 0 saturated heterocycles. The second-order valence-electron chi connectivity index (χ2n) is 6.91. The number of nitrogens with one attached hydrogen (secondary N) is 1. The average molecular weight is 536 g/mol. The average Bonchev–Trinajstić information content (AvgIpc) is 2.71. The van der Waals surface area contributed by atoms with E-state index in [0.717, 1.165) is 14.7 Å². The van der Waals surface area contributed by atoms with Crippen LogP contribution in [0.5, 0.6) is 11.5 Å². The van der Waals surface area contributed by atoms with Crippen LogP contribution in [0.2, 0.25) is 5.02 Å². The molecule has 0 saturated carbocycles. The highest BCUT2D eigenvalue weighted by molar-refractivity contribution is 14.1. The Balaban J connectivity index is 1.83.